The molecule has 2 aromatic rings. The molecule has 22 heavy (non-hydrogen) atoms. The number of amides is 1. The predicted molar refractivity (Wildman–Crippen MR) is 82.4 cm³/mol. The maximum Gasteiger partial charge on any atom is 0.315 e. The SMILES string of the molecule is NC(=O)c1cc(Cl)ccc1O.O=C1Cc2cc(Cl)ccc2O1. The van der Waals surface area contributed by atoms with E-state index in [2.05, 4.69) is 0 Å². The van der Waals surface area contributed by atoms with Crippen LogP contribution in [0.15, 0.2) is 36.4 Å². The molecule has 3 N–H and O–H groups in total. The van der Waals surface area contributed by atoms with Gasteiger partial charge in [-0.3, -0.25) is 9.59 Å². The molecule has 114 valence electrons. The average Bonchev–Trinajstić information content (AvgIpc) is 2.81. The number of carbonyl (C=O) groups excluding carboxylic acids is 2. The summed E-state index contributed by atoms with van der Waals surface area (Å²) in [6.07, 6.45) is 0.343. The first-order valence-corrected chi connectivity index (χ1v) is 6.90. The molecular weight excluding hydrogens is 329 g/mol. The minimum absolute atomic E-state index is 0.0394. The van der Waals surface area contributed by atoms with Gasteiger partial charge in [-0.2, -0.15) is 0 Å². The molecule has 0 saturated heterocycles. The monoisotopic (exact) mass is 339 g/mol. The zero-order chi connectivity index (χ0) is 16.3. The van der Waals surface area contributed by atoms with Gasteiger partial charge in [-0.15, -0.1) is 0 Å². The van der Waals surface area contributed by atoms with Gasteiger partial charge < -0.3 is 15.6 Å². The van der Waals surface area contributed by atoms with E-state index in [1.54, 1.807) is 18.2 Å². The summed E-state index contributed by atoms with van der Waals surface area (Å²) in [5.74, 6) is -0.409. The maximum atomic E-state index is 10.7. The molecule has 1 amide bonds. The smallest absolute Gasteiger partial charge is 0.315 e. The van der Waals surface area contributed by atoms with E-state index in [0.717, 1.165) is 5.56 Å². The van der Waals surface area contributed by atoms with Gasteiger partial charge in [0.25, 0.3) is 5.91 Å². The van der Waals surface area contributed by atoms with Crippen LogP contribution in [-0.4, -0.2) is 17.0 Å². The van der Waals surface area contributed by atoms with Gasteiger partial charge in [-0.1, -0.05) is 23.2 Å². The lowest BCUT2D eigenvalue weighted by atomic mass is 10.2. The number of esters is 1. The van der Waals surface area contributed by atoms with Crippen molar-refractivity contribution in [3.8, 4) is 11.5 Å². The molecule has 2 aromatic carbocycles. The number of halogens is 2. The molecular formula is C15H11Cl2NO4. The Morgan fingerprint density at radius 3 is 2.41 bits per heavy atom. The second kappa shape index (κ2) is 6.68. The Bertz CT molecular complexity index is 746. The van der Waals surface area contributed by atoms with Gasteiger partial charge in [-0.25, -0.2) is 0 Å². The normalized spacial score (nSPS) is 12.0. The Morgan fingerprint density at radius 2 is 1.77 bits per heavy atom. The van der Waals surface area contributed by atoms with Gasteiger partial charge in [0, 0.05) is 15.6 Å². The number of hydrogen-bond donors (Lipinski definition) is 2. The average molecular weight is 340 g/mol. The van der Waals surface area contributed by atoms with Gasteiger partial charge in [0.15, 0.2) is 0 Å². The van der Waals surface area contributed by atoms with Gasteiger partial charge >= 0.3 is 5.97 Å². The first-order chi connectivity index (χ1) is 10.4. The molecule has 0 atom stereocenters. The van der Waals surface area contributed by atoms with Crippen molar-refractivity contribution in [1.82, 2.24) is 0 Å². The number of benzene rings is 2. The fourth-order valence-corrected chi connectivity index (χ4v) is 2.17. The highest BCUT2D eigenvalue weighted by Crippen LogP contribution is 2.28. The third kappa shape index (κ3) is 3.90. The van der Waals surface area contributed by atoms with Crippen LogP contribution in [0, 0.1) is 0 Å². The minimum atomic E-state index is -0.690. The zero-order valence-corrected chi connectivity index (χ0v) is 12.7. The first kappa shape index (κ1) is 16.1. The molecule has 1 aliphatic rings. The number of carbonyl (C=O) groups is 2. The molecule has 0 aromatic heterocycles. The highest BCUT2D eigenvalue weighted by molar-refractivity contribution is 6.31. The molecule has 0 saturated carbocycles. The summed E-state index contributed by atoms with van der Waals surface area (Å²) >= 11 is 11.2. The Balaban J connectivity index is 0.000000160. The van der Waals surface area contributed by atoms with Crippen molar-refractivity contribution < 1.29 is 19.4 Å². The van der Waals surface area contributed by atoms with Gasteiger partial charge in [0.05, 0.1) is 12.0 Å². The minimum Gasteiger partial charge on any atom is -0.507 e. The summed E-state index contributed by atoms with van der Waals surface area (Å²) < 4.78 is 4.86. The number of fused-ring (bicyclic) bond motifs is 1. The van der Waals surface area contributed by atoms with Crippen LogP contribution in [0.2, 0.25) is 10.0 Å². The van der Waals surface area contributed by atoms with Crippen molar-refractivity contribution in [3.63, 3.8) is 0 Å². The van der Waals surface area contributed by atoms with Crippen LogP contribution in [0.1, 0.15) is 15.9 Å². The van der Waals surface area contributed by atoms with E-state index in [0.29, 0.717) is 22.2 Å². The molecule has 5 nitrogen and oxygen atoms in total. The van der Waals surface area contributed by atoms with E-state index >= 15 is 0 Å². The Hall–Kier alpha value is -2.24. The second-order valence-electron chi connectivity index (χ2n) is 4.43. The molecule has 7 heteroatoms. The quantitative estimate of drug-likeness (QED) is 0.617. The summed E-state index contributed by atoms with van der Waals surface area (Å²) in [4.78, 5) is 21.3. The van der Waals surface area contributed by atoms with Crippen LogP contribution in [0.25, 0.3) is 0 Å². The van der Waals surface area contributed by atoms with Crippen LogP contribution in [-0.2, 0) is 11.2 Å². The first-order valence-electron chi connectivity index (χ1n) is 6.14. The van der Waals surface area contributed by atoms with Crippen molar-refractivity contribution in [1.29, 1.82) is 0 Å². The number of phenols is 1. The van der Waals surface area contributed by atoms with Gasteiger partial charge in [0.2, 0.25) is 0 Å². The third-order valence-corrected chi connectivity index (χ3v) is 3.28. The van der Waals surface area contributed by atoms with Crippen LogP contribution < -0.4 is 10.5 Å². The number of hydrogen-bond acceptors (Lipinski definition) is 4. The standard InChI is InChI=1S/C8H5ClO2.C7H6ClNO2/c9-6-1-2-7-5(3-6)4-8(10)11-7;8-4-1-2-6(10)5(3-4)7(9)11/h1-3H,4H2;1-3,10H,(H2,9,11). The number of aromatic hydroxyl groups is 1. The second-order valence-corrected chi connectivity index (χ2v) is 5.30. The summed E-state index contributed by atoms with van der Waals surface area (Å²) in [7, 11) is 0. The Labute approximate surface area is 136 Å². The number of nitrogens with two attached hydrogens (primary N) is 1. The van der Waals surface area contributed by atoms with Crippen LogP contribution >= 0.6 is 23.2 Å². The number of ether oxygens (including phenoxy) is 1. The lowest BCUT2D eigenvalue weighted by Crippen LogP contribution is -2.10. The molecule has 1 heterocycles. The molecule has 1 aliphatic heterocycles. The number of primary amides is 1. The van der Waals surface area contributed by atoms with Crippen molar-refractivity contribution in [3.05, 3.63) is 57.6 Å². The van der Waals surface area contributed by atoms with Crippen molar-refractivity contribution in [2.75, 3.05) is 0 Å². The highest BCUT2D eigenvalue weighted by atomic mass is 35.5. The van der Waals surface area contributed by atoms with E-state index in [1.807, 2.05) is 0 Å². The van der Waals surface area contributed by atoms with E-state index in [9.17, 15) is 9.59 Å². The van der Waals surface area contributed by atoms with E-state index in [4.69, 9.17) is 38.8 Å². The largest absolute Gasteiger partial charge is 0.507 e. The highest BCUT2D eigenvalue weighted by Gasteiger charge is 2.19. The zero-order valence-electron chi connectivity index (χ0n) is 11.2. The van der Waals surface area contributed by atoms with Crippen LogP contribution in [0.3, 0.4) is 0 Å². The molecule has 0 bridgehead atoms. The summed E-state index contributed by atoms with van der Waals surface area (Å²) in [5, 5.41) is 10.1. The predicted octanol–water partition coefficient (Wildman–Crippen LogP) is 2.95. The van der Waals surface area contributed by atoms with E-state index in [1.165, 1.54) is 18.2 Å². The van der Waals surface area contributed by atoms with Crippen LogP contribution in [0.5, 0.6) is 11.5 Å². The van der Waals surface area contributed by atoms with Crippen molar-refractivity contribution in [2.45, 2.75) is 6.42 Å². The summed E-state index contributed by atoms with van der Waals surface area (Å²) in [6, 6.07) is 9.29. The molecule has 0 spiro atoms. The van der Waals surface area contributed by atoms with E-state index < -0.39 is 5.91 Å². The van der Waals surface area contributed by atoms with Gasteiger partial charge in [-0.05, 0) is 36.4 Å². The lowest BCUT2D eigenvalue weighted by molar-refractivity contribution is -0.131. The van der Waals surface area contributed by atoms with Crippen molar-refractivity contribution >= 4 is 35.1 Å². The number of rotatable bonds is 1. The Kier molecular flexibility index (Phi) is 4.90. The molecule has 0 radical (unpaired) electrons. The fourth-order valence-electron chi connectivity index (χ4n) is 1.81. The molecule has 0 aliphatic carbocycles. The van der Waals surface area contributed by atoms with Crippen LogP contribution in [0.4, 0.5) is 0 Å². The summed E-state index contributed by atoms with van der Waals surface area (Å²) in [6.45, 7) is 0. The van der Waals surface area contributed by atoms with Crippen molar-refractivity contribution in [2.24, 2.45) is 5.73 Å². The van der Waals surface area contributed by atoms with E-state index in [-0.39, 0.29) is 17.3 Å². The molecule has 3 rings (SSSR count). The lowest BCUT2D eigenvalue weighted by Gasteiger charge is -1.98. The summed E-state index contributed by atoms with van der Waals surface area (Å²) in [5.41, 5.74) is 5.84. The topological polar surface area (TPSA) is 89.6 Å². The molecule has 0 unspecified atom stereocenters. The van der Waals surface area contributed by atoms with Gasteiger partial charge in [0.1, 0.15) is 11.5 Å². The third-order valence-electron chi connectivity index (χ3n) is 2.81. The molecule has 0 fully saturated rings. The Morgan fingerprint density at radius 1 is 1.14 bits per heavy atom. The maximum absolute atomic E-state index is 10.7. The fraction of sp³-hybridized carbons (Fsp3) is 0.0667.